The van der Waals surface area contributed by atoms with Gasteiger partial charge in [0.2, 0.25) is 5.88 Å². The number of hydrogen-bond donors (Lipinski definition) is 1. The number of benzene rings is 1. The van der Waals surface area contributed by atoms with Gasteiger partial charge in [0.05, 0.1) is 18.1 Å². The molecule has 1 aliphatic rings. The van der Waals surface area contributed by atoms with Crippen LogP contribution in [0, 0.1) is 12.8 Å². The Morgan fingerprint density at radius 1 is 1.22 bits per heavy atom. The molecule has 7 nitrogen and oxygen atoms in total. The lowest BCUT2D eigenvalue weighted by atomic mass is 10.0. The van der Waals surface area contributed by atoms with E-state index in [9.17, 15) is 4.79 Å². The normalized spacial score (nSPS) is 22.7. The number of aryl methyl sites for hydroxylation is 1. The second kappa shape index (κ2) is 7.31. The average Bonchev–Trinajstić information content (AvgIpc) is 2.94. The predicted octanol–water partition coefficient (Wildman–Crippen LogP) is 2.64. The zero-order valence-corrected chi connectivity index (χ0v) is 16.7. The van der Waals surface area contributed by atoms with Crippen molar-refractivity contribution in [1.82, 2.24) is 15.3 Å². The Balaban J connectivity index is 1.77. The predicted molar refractivity (Wildman–Crippen MR) is 102 cm³/mol. The van der Waals surface area contributed by atoms with Crippen LogP contribution in [-0.2, 0) is 9.53 Å². The number of aromatic nitrogens is 2. The molecule has 1 fully saturated rings. The molecule has 0 bridgehead atoms. The maximum Gasteiger partial charge on any atom is 0.324 e. The Morgan fingerprint density at radius 3 is 2.63 bits per heavy atom. The van der Waals surface area contributed by atoms with Crippen LogP contribution in [0.25, 0.3) is 11.0 Å². The summed E-state index contributed by atoms with van der Waals surface area (Å²) in [7, 11) is 1.61. The molecule has 0 spiro atoms. The molecule has 146 valence electrons. The van der Waals surface area contributed by atoms with E-state index in [0.717, 1.165) is 5.52 Å². The smallest absolute Gasteiger partial charge is 0.324 e. The van der Waals surface area contributed by atoms with E-state index in [1.54, 1.807) is 7.11 Å². The van der Waals surface area contributed by atoms with E-state index in [-0.39, 0.29) is 18.0 Å². The fourth-order valence-electron chi connectivity index (χ4n) is 3.13. The van der Waals surface area contributed by atoms with Gasteiger partial charge in [0.1, 0.15) is 29.2 Å². The van der Waals surface area contributed by atoms with E-state index in [2.05, 4.69) is 15.3 Å². The Kier molecular flexibility index (Phi) is 5.24. The summed E-state index contributed by atoms with van der Waals surface area (Å²) < 4.78 is 16.9. The first-order chi connectivity index (χ1) is 12.7. The summed E-state index contributed by atoms with van der Waals surface area (Å²) in [6.45, 7) is 9.97. The van der Waals surface area contributed by atoms with Crippen molar-refractivity contribution in [2.75, 3.05) is 13.7 Å². The molecule has 0 amide bonds. The highest BCUT2D eigenvalue weighted by Crippen LogP contribution is 2.27. The standard InChI is InChI=1S/C20H27N3O4/c1-11-16(10-21-17(11)19(24)27-20(3,4)5)26-18-12(2)22-14-8-7-13(25-6)9-15(14)23-18/h7-9,11,16-17,21H,10H2,1-6H3/t11?,16-,17-/m0/s1. The number of ether oxygens (including phenoxy) is 3. The zero-order chi connectivity index (χ0) is 19.8. The number of nitrogens with zero attached hydrogens (tertiary/aromatic N) is 2. The van der Waals surface area contributed by atoms with Crippen molar-refractivity contribution in [3.63, 3.8) is 0 Å². The van der Waals surface area contributed by atoms with Gasteiger partial charge in [-0.05, 0) is 39.8 Å². The molecule has 1 aliphatic heterocycles. The summed E-state index contributed by atoms with van der Waals surface area (Å²) in [4.78, 5) is 21.6. The number of rotatable bonds is 4. The molecule has 7 heteroatoms. The van der Waals surface area contributed by atoms with Crippen LogP contribution in [0.2, 0.25) is 0 Å². The number of methoxy groups -OCH3 is 1. The van der Waals surface area contributed by atoms with Crippen molar-refractivity contribution in [1.29, 1.82) is 0 Å². The maximum atomic E-state index is 12.4. The monoisotopic (exact) mass is 373 g/mol. The first kappa shape index (κ1) is 19.4. The summed E-state index contributed by atoms with van der Waals surface area (Å²) in [5, 5.41) is 3.21. The van der Waals surface area contributed by atoms with Crippen LogP contribution in [0.4, 0.5) is 0 Å². The molecular formula is C20H27N3O4. The third-order valence-electron chi connectivity index (χ3n) is 4.58. The van der Waals surface area contributed by atoms with Crippen molar-refractivity contribution in [2.24, 2.45) is 5.92 Å². The number of hydrogen-bond acceptors (Lipinski definition) is 7. The van der Waals surface area contributed by atoms with Crippen LogP contribution in [0.1, 0.15) is 33.4 Å². The van der Waals surface area contributed by atoms with Crippen molar-refractivity contribution in [3.8, 4) is 11.6 Å². The van der Waals surface area contributed by atoms with E-state index in [4.69, 9.17) is 14.2 Å². The number of carbonyl (C=O) groups excluding carboxylic acids is 1. The fourth-order valence-corrected chi connectivity index (χ4v) is 3.13. The molecule has 3 rings (SSSR count). The van der Waals surface area contributed by atoms with Gasteiger partial charge in [-0.3, -0.25) is 4.79 Å². The zero-order valence-electron chi connectivity index (χ0n) is 16.7. The Morgan fingerprint density at radius 2 is 1.96 bits per heavy atom. The lowest BCUT2D eigenvalue weighted by Gasteiger charge is -2.24. The third-order valence-corrected chi connectivity index (χ3v) is 4.58. The molecule has 1 N–H and O–H groups in total. The molecule has 1 aromatic carbocycles. The minimum atomic E-state index is -0.517. The summed E-state index contributed by atoms with van der Waals surface area (Å²) >= 11 is 0. The van der Waals surface area contributed by atoms with Gasteiger partial charge in [0, 0.05) is 18.5 Å². The molecule has 1 saturated heterocycles. The minimum absolute atomic E-state index is 0.0537. The summed E-state index contributed by atoms with van der Waals surface area (Å²) in [6.07, 6.45) is -0.196. The molecule has 2 aromatic rings. The first-order valence-electron chi connectivity index (χ1n) is 9.13. The first-order valence-corrected chi connectivity index (χ1v) is 9.13. The van der Waals surface area contributed by atoms with E-state index in [1.165, 1.54) is 0 Å². The van der Waals surface area contributed by atoms with Gasteiger partial charge in [-0.15, -0.1) is 0 Å². The summed E-state index contributed by atoms with van der Waals surface area (Å²) in [5.41, 5.74) is 1.68. The quantitative estimate of drug-likeness (QED) is 0.825. The van der Waals surface area contributed by atoms with Gasteiger partial charge in [-0.2, -0.15) is 0 Å². The number of esters is 1. The Hall–Kier alpha value is -2.41. The van der Waals surface area contributed by atoms with Crippen molar-refractivity contribution < 1.29 is 19.0 Å². The molecule has 1 aromatic heterocycles. The highest BCUT2D eigenvalue weighted by molar-refractivity contribution is 5.77. The number of nitrogens with one attached hydrogen (secondary N) is 1. The van der Waals surface area contributed by atoms with Crippen LogP contribution < -0.4 is 14.8 Å². The van der Waals surface area contributed by atoms with Gasteiger partial charge in [0.25, 0.3) is 0 Å². The van der Waals surface area contributed by atoms with Crippen molar-refractivity contribution >= 4 is 17.0 Å². The molecule has 27 heavy (non-hydrogen) atoms. The number of fused-ring (bicyclic) bond motifs is 1. The van der Waals surface area contributed by atoms with Gasteiger partial charge >= 0.3 is 5.97 Å². The lowest BCUT2D eigenvalue weighted by Crippen LogP contribution is -2.40. The molecular weight excluding hydrogens is 346 g/mol. The SMILES string of the molecule is COc1ccc2nc(C)c(O[C@H]3CN[C@H](C(=O)OC(C)(C)C)C3C)nc2c1. The largest absolute Gasteiger partial charge is 0.497 e. The summed E-state index contributed by atoms with van der Waals surface area (Å²) in [6, 6.07) is 5.15. The van der Waals surface area contributed by atoms with Gasteiger partial charge in [-0.1, -0.05) is 6.92 Å². The summed E-state index contributed by atoms with van der Waals surface area (Å²) in [5.74, 6) is 0.876. The molecule has 0 aliphatic carbocycles. The second-order valence-electron chi connectivity index (χ2n) is 7.90. The Labute approximate surface area is 159 Å². The average molecular weight is 373 g/mol. The minimum Gasteiger partial charge on any atom is -0.497 e. The van der Waals surface area contributed by atoms with Crippen LogP contribution in [0.5, 0.6) is 11.6 Å². The van der Waals surface area contributed by atoms with Crippen LogP contribution in [0.3, 0.4) is 0 Å². The van der Waals surface area contributed by atoms with E-state index >= 15 is 0 Å². The fraction of sp³-hybridized carbons (Fsp3) is 0.550. The molecule has 2 heterocycles. The molecule has 0 radical (unpaired) electrons. The Bertz CT molecular complexity index is 847. The van der Waals surface area contributed by atoms with E-state index in [0.29, 0.717) is 29.4 Å². The van der Waals surface area contributed by atoms with Gasteiger partial charge < -0.3 is 19.5 Å². The second-order valence-corrected chi connectivity index (χ2v) is 7.90. The lowest BCUT2D eigenvalue weighted by molar-refractivity contribution is -0.158. The third kappa shape index (κ3) is 4.30. The van der Waals surface area contributed by atoms with Crippen LogP contribution >= 0.6 is 0 Å². The van der Waals surface area contributed by atoms with Crippen LogP contribution in [0.15, 0.2) is 18.2 Å². The van der Waals surface area contributed by atoms with Gasteiger partial charge in [-0.25, -0.2) is 9.97 Å². The van der Waals surface area contributed by atoms with Gasteiger partial charge in [0.15, 0.2) is 0 Å². The van der Waals surface area contributed by atoms with Crippen LogP contribution in [-0.4, -0.2) is 47.3 Å². The topological polar surface area (TPSA) is 82.6 Å². The van der Waals surface area contributed by atoms with Crippen molar-refractivity contribution in [2.45, 2.75) is 52.4 Å². The maximum absolute atomic E-state index is 12.4. The van der Waals surface area contributed by atoms with E-state index in [1.807, 2.05) is 52.8 Å². The van der Waals surface area contributed by atoms with E-state index < -0.39 is 11.6 Å². The molecule has 1 unspecified atom stereocenters. The molecule has 0 saturated carbocycles. The van der Waals surface area contributed by atoms with Crippen molar-refractivity contribution in [3.05, 3.63) is 23.9 Å². The highest BCUT2D eigenvalue weighted by atomic mass is 16.6. The molecule has 3 atom stereocenters. The number of carbonyl (C=O) groups is 1. The highest BCUT2D eigenvalue weighted by Gasteiger charge is 2.41.